The lowest BCUT2D eigenvalue weighted by Gasteiger charge is -2.05. The molecule has 0 radical (unpaired) electrons. The average Bonchev–Trinajstić information content (AvgIpc) is 3.10. The summed E-state index contributed by atoms with van der Waals surface area (Å²) in [6.07, 6.45) is 1.95. The van der Waals surface area contributed by atoms with E-state index in [9.17, 15) is 0 Å². The van der Waals surface area contributed by atoms with Crippen molar-refractivity contribution in [3.8, 4) is 11.5 Å². The van der Waals surface area contributed by atoms with Crippen LogP contribution in [0.1, 0.15) is 11.1 Å². The first-order valence-electron chi connectivity index (χ1n) is 6.74. The van der Waals surface area contributed by atoms with Crippen LogP contribution in [0.3, 0.4) is 0 Å². The molecule has 0 spiro atoms. The largest absolute Gasteiger partial charge is 0.454 e. The smallest absolute Gasteiger partial charge is 0.243 e. The minimum atomic E-state index is 0.276. The summed E-state index contributed by atoms with van der Waals surface area (Å²) < 4.78 is 12.6. The predicted octanol–water partition coefficient (Wildman–Crippen LogP) is 2.38. The number of aromatic nitrogens is 3. The number of fused-ring (bicyclic) bond motifs is 2. The van der Waals surface area contributed by atoms with Crippen LogP contribution in [0, 0.1) is 6.92 Å². The molecular formula is C15H14N4O2. The molecule has 1 aliphatic heterocycles. The highest BCUT2D eigenvalue weighted by molar-refractivity contribution is 5.50. The van der Waals surface area contributed by atoms with Crippen LogP contribution >= 0.6 is 0 Å². The first-order chi connectivity index (χ1) is 10.3. The third kappa shape index (κ3) is 2.14. The SMILES string of the molecule is Cc1ccc2nc(NCc3cccc4c3OCO4)nn2c1. The number of hydrogen-bond acceptors (Lipinski definition) is 5. The molecule has 6 nitrogen and oxygen atoms in total. The zero-order valence-electron chi connectivity index (χ0n) is 11.5. The molecule has 3 aromatic rings. The molecule has 0 fully saturated rings. The summed E-state index contributed by atoms with van der Waals surface area (Å²) in [5.74, 6) is 2.18. The van der Waals surface area contributed by atoms with Crippen molar-refractivity contribution < 1.29 is 9.47 Å². The lowest BCUT2D eigenvalue weighted by Crippen LogP contribution is -2.02. The normalized spacial score (nSPS) is 12.8. The van der Waals surface area contributed by atoms with E-state index in [1.54, 1.807) is 4.52 Å². The zero-order chi connectivity index (χ0) is 14.2. The first kappa shape index (κ1) is 12.0. The minimum Gasteiger partial charge on any atom is -0.454 e. The number of para-hydroxylation sites is 1. The Balaban J connectivity index is 1.57. The number of pyridine rings is 1. The maximum absolute atomic E-state index is 5.48. The fraction of sp³-hybridized carbons (Fsp3) is 0.200. The van der Waals surface area contributed by atoms with Crippen molar-refractivity contribution >= 4 is 11.6 Å². The van der Waals surface area contributed by atoms with E-state index in [0.29, 0.717) is 12.5 Å². The van der Waals surface area contributed by atoms with Crippen LogP contribution in [0.2, 0.25) is 0 Å². The number of rotatable bonds is 3. The van der Waals surface area contributed by atoms with Crippen molar-refractivity contribution in [1.29, 1.82) is 0 Å². The molecule has 4 rings (SSSR count). The average molecular weight is 282 g/mol. The van der Waals surface area contributed by atoms with E-state index >= 15 is 0 Å². The number of hydrogen-bond donors (Lipinski definition) is 1. The van der Waals surface area contributed by atoms with Gasteiger partial charge in [0.25, 0.3) is 0 Å². The summed E-state index contributed by atoms with van der Waals surface area (Å²) in [6, 6.07) is 9.82. The van der Waals surface area contributed by atoms with Gasteiger partial charge in [-0.2, -0.15) is 4.98 Å². The summed E-state index contributed by atoms with van der Waals surface area (Å²) in [5.41, 5.74) is 2.99. The quantitative estimate of drug-likeness (QED) is 0.799. The Labute approximate surface area is 121 Å². The molecule has 21 heavy (non-hydrogen) atoms. The first-order valence-corrected chi connectivity index (χ1v) is 6.74. The Morgan fingerprint density at radius 2 is 2.19 bits per heavy atom. The van der Waals surface area contributed by atoms with Crippen molar-refractivity contribution in [3.05, 3.63) is 47.7 Å². The third-order valence-electron chi connectivity index (χ3n) is 3.39. The summed E-state index contributed by atoms with van der Waals surface area (Å²) in [6.45, 7) is 2.89. The van der Waals surface area contributed by atoms with Crippen molar-refractivity contribution in [1.82, 2.24) is 14.6 Å². The second kappa shape index (κ2) is 4.66. The Bertz CT molecular complexity index is 813. The molecule has 0 saturated carbocycles. The van der Waals surface area contributed by atoms with Crippen molar-refractivity contribution in [2.75, 3.05) is 12.1 Å². The standard InChI is InChI=1S/C15H14N4O2/c1-10-5-6-13-17-15(18-19(13)8-10)16-7-11-3-2-4-12-14(11)21-9-20-12/h2-6,8H,7,9H2,1H3,(H,16,18). The molecule has 6 heteroatoms. The van der Waals surface area contributed by atoms with Gasteiger partial charge < -0.3 is 14.8 Å². The van der Waals surface area contributed by atoms with E-state index in [4.69, 9.17) is 9.47 Å². The Hall–Kier alpha value is -2.76. The molecule has 1 N–H and O–H groups in total. The van der Waals surface area contributed by atoms with Crippen molar-refractivity contribution in [3.63, 3.8) is 0 Å². The van der Waals surface area contributed by atoms with Gasteiger partial charge in [-0.15, -0.1) is 5.10 Å². The third-order valence-corrected chi connectivity index (χ3v) is 3.39. The summed E-state index contributed by atoms with van der Waals surface area (Å²) in [4.78, 5) is 4.43. The second-order valence-corrected chi connectivity index (χ2v) is 4.95. The molecule has 0 atom stereocenters. The number of nitrogens with one attached hydrogen (secondary N) is 1. The van der Waals surface area contributed by atoms with Crippen LogP contribution in [-0.2, 0) is 6.54 Å². The molecule has 3 heterocycles. The van der Waals surface area contributed by atoms with Crippen molar-refractivity contribution in [2.24, 2.45) is 0 Å². The van der Waals surface area contributed by atoms with Gasteiger partial charge in [-0.1, -0.05) is 18.2 Å². The fourth-order valence-electron chi connectivity index (χ4n) is 2.36. The van der Waals surface area contributed by atoms with E-state index in [-0.39, 0.29) is 6.79 Å². The Morgan fingerprint density at radius 1 is 1.24 bits per heavy atom. The molecule has 0 bridgehead atoms. The lowest BCUT2D eigenvalue weighted by molar-refractivity contribution is 0.173. The molecule has 0 unspecified atom stereocenters. The lowest BCUT2D eigenvalue weighted by atomic mass is 10.2. The van der Waals surface area contributed by atoms with Crippen LogP contribution in [0.4, 0.5) is 5.95 Å². The van der Waals surface area contributed by atoms with Gasteiger partial charge in [0, 0.05) is 18.3 Å². The number of ether oxygens (including phenoxy) is 2. The fourth-order valence-corrected chi connectivity index (χ4v) is 2.36. The van der Waals surface area contributed by atoms with Gasteiger partial charge in [0.15, 0.2) is 17.1 Å². The molecule has 0 amide bonds. The molecular weight excluding hydrogens is 268 g/mol. The summed E-state index contributed by atoms with van der Waals surface area (Å²) in [5, 5.41) is 7.63. The molecule has 0 aliphatic carbocycles. The van der Waals surface area contributed by atoms with Crippen LogP contribution in [0.15, 0.2) is 36.5 Å². The van der Waals surface area contributed by atoms with Crippen LogP contribution < -0.4 is 14.8 Å². The van der Waals surface area contributed by atoms with E-state index < -0.39 is 0 Å². The maximum atomic E-state index is 5.48. The number of anilines is 1. The Kier molecular flexibility index (Phi) is 2.67. The predicted molar refractivity (Wildman–Crippen MR) is 77.6 cm³/mol. The van der Waals surface area contributed by atoms with Gasteiger partial charge >= 0.3 is 0 Å². The zero-order valence-corrected chi connectivity index (χ0v) is 11.5. The van der Waals surface area contributed by atoms with Gasteiger partial charge in [0.2, 0.25) is 12.7 Å². The highest BCUT2D eigenvalue weighted by Gasteiger charge is 2.17. The minimum absolute atomic E-state index is 0.276. The van der Waals surface area contributed by atoms with Gasteiger partial charge in [0.1, 0.15) is 0 Å². The monoisotopic (exact) mass is 282 g/mol. The van der Waals surface area contributed by atoms with E-state index in [1.165, 1.54) is 0 Å². The summed E-state index contributed by atoms with van der Waals surface area (Å²) >= 11 is 0. The van der Waals surface area contributed by atoms with E-state index in [0.717, 1.165) is 28.3 Å². The van der Waals surface area contributed by atoms with Crippen LogP contribution in [-0.4, -0.2) is 21.4 Å². The highest BCUT2D eigenvalue weighted by Crippen LogP contribution is 2.35. The number of nitrogens with zero attached hydrogens (tertiary/aromatic N) is 3. The van der Waals surface area contributed by atoms with Crippen LogP contribution in [0.25, 0.3) is 5.65 Å². The highest BCUT2D eigenvalue weighted by atomic mass is 16.7. The van der Waals surface area contributed by atoms with Gasteiger partial charge in [-0.25, -0.2) is 4.52 Å². The van der Waals surface area contributed by atoms with Crippen LogP contribution in [0.5, 0.6) is 11.5 Å². The van der Waals surface area contributed by atoms with Crippen molar-refractivity contribution in [2.45, 2.75) is 13.5 Å². The maximum Gasteiger partial charge on any atom is 0.243 e. The number of benzene rings is 1. The number of aryl methyl sites for hydroxylation is 1. The second-order valence-electron chi connectivity index (χ2n) is 4.95. The molecule has 1 aliphatic rings. The summed E-state index contributed by atoms with van der Waals surface area (Å²) in [7, 11) is 0. The van der Waals surface area contributed by atoms with E-state index in [2.05, 4.69) is 15.4 Å². The molecule has 0 saturated heterocycles. The molecule has 2 aromatic heterocycles. The van der Waals surface area contributed by atoms with Gasteiger partial charge in [-0.05, 0) is 24.6 Å². The van der Waals surface area contributed by atoms with Gasteiger partial charge in [-0.3, -0.25) is 0 Å². The van der Waals surface area contributed by atoms with E-state index in [1.807, 2.05) is 43.5 Å². The Morgan fingerprint density at radius 3 is 3.14 bits per heavy atom. The molecule has 1 aromatic carbocycles. The van der Waals surface area contributed by atoms with Gasteiger partial charge in [0.05, 0.1) is 0 Å². The molecule has 106 valence electrons. The topological polar surface area (TPSA) is 60.7 Å².